The average molecular weight is 301 g/mol. The molecule has 0 aliphatic rings. The van der Waals surface area contributed by atoms with E-state index in [1.54, 1.807) is 0 Å². The molecule has 5 heteroatoms. The number of carboxylic acids is 1. The number of benzene rings is 1. The molecule has 0 unspecified atom stereocenters. The lowest BCUT2D eigenvalue weighted by Crippen LogP contribution is -2.35. The maximum atomic E-state index is 11.0. The van der Waals surface area contributed by atoms with Crippen LogP contribution in [0.25, 0.3) is 5.69 Å². The number of carboxylic acid groups (broad SMARTS) is 1. The molecule has 0 fully saturated rings. The van der Waals surface area contributed by atoms with E-state index in [9.17, 15) is 4.79 Å². The molecule has 1 aromatic carbocycles. The van der Waals surface area contributed by atoms with Crippen LogP contribution in [0, 0.1) is 13.8 Å². The van der Waals surface area contributed by atoms with E-state index < -0.39 is 5.97 Å². The van der Waals surface area contributed by atoms with Crippen LogP contribution in [-0.4, -0.2) is 38.3 Å². The number of aromatic nitrogens is 2. The first kappa shape index (κ1) is 16.2. The number of aryl methyl sites for hydroxylation is 2. The Hall–Kier alpha value is -2.14. The fourth-order valence-electron chi connectivity index (χ4n) is 2.29. The van der Waals surface area contributed by atoms with Crippen LogP contribution in [0.2, 0.25) is 0 Å². The van der Waals surface area contributed by atoms with Gasteiger partial charge in [-0.2, -0.15) is 5.10 Å². The Bertz CT molecular complexity index is 644. The van der Waals surface area contributed by atoms with Gasteiger partial charge in [0.2, 0.25) is 0 Å². The standard InChI is InChI=1S/C17H23N3O2/c1-12(2)19(11-17(21)22)9-15-10-20(18-14(15)4)16-7-5-13(3)6-8-16/h5-8,10,12H,9,11H2,1-4H3,(H,21,22). The minimum Gasteiger partial charge on any atom is -0.480 e. The number of nitrogens with zero attached hydrogens (tertiary/aromatic N) is 3. The second kappa shape index (κ2) is 6.75. The highest BCUT2D eigenvalue weighted by atomic mass is 16.4. The summed E-state index contributed by atoms with van der Waals surface area (Å²) in [5.74, 6) is -0.808. The van der Waals surface area contributed by atoms with E-state index in [0.717, 1.165) is 16.9 Å². The lowest BCUT2D eigenvalue weighted by atomic mass is 10.2. The highest BCUT2D eigenvalue weighted by Gasteiger charge is 2.16. The molecule has 1 N–H and O–H groups in total. The van der Waals surface area contributed by atoms with Gasteiger partial charge in [-0.25, -0.2) is 4.68 Å². The zero-order valence-electron chi connectivity index (χ0n) is 13.6. The van der Waals surface area contributed by atoms with Crippen molar-refractivity contribution in [3.05, 3.63) is 47.3 Å². The van der Waals surface area contributed by atoms with Gasteiger partial charge in [0, 0.05) is 24.3 Å². The van der Waals surface area contributed by atoms with E-state index in [4.69, 9.17) is 5.11 Å². The maximum absolute atomic E-state index is 11.0. The first-order valence-corrected chi connectivity index (χ1v) is 7.45. The second-order valence-electron chi connectivity index (χ2n) is 5.91. The summed E-state index contributed by atoms with van der Waals surface area (Å²) in [6.07, 6.45) is 1.98. The topological polar surface area (TPSA) is 58.4 Å². The predicted molar refractivity (Wildman–Crippen MR) is 86.2 cm³/mol. The van der Waals surface area contributed by atoms with Gasteiger partial charge < -0.3 is 5.11 Å². The molecule has 0 atom stereocenters. The Balaban J connectivity index is 2.22. The average Bonchev–Trinajstić information content (AvgIpc) is 2.79. The fraction of sp³-hybridized carbons (Fsp3) is 0.412. The quantitative estimate of drug-likeness (QED) is 0.891. The van der Waals surface area contributed by atoms with Crippen molar-refractivity contribution in [1.82, 2.24) is 14.7 Å². The molecule has 118 valence electrons. The van der Waals surface area contributed by atoms with Crippen LogP contribution in [0.5, 0.6) is 0 Å². The van der Waals surface area contributed by atoms with E-state index in [1.165, 1.54) is 5.56 Å². The van der Waals surface area contributed by atoms with Crippen molar-refractivity contribution in [2.75, 3.05) is 6.54 Å². The van der Waals surface area contributed by atoms with Gasteiger partial charge in [0.05, 0.1) is 17.9 Å². The molecule has 0 amide bonds. The molecule has 0 saturated carbocycles. The van der Waals surface area contributed by atoms with Crippen molar-refractivity contribution >= 4 is 5.97 Å². The normalized spacial score (nSPS) is 11.4. The SMILES string of the molecule is Cc1ccc(-n2cc(CN(CC(=O)O)C(C)C)c(C)n2)cc1. The molecule has 0 aliphatic carbocycles. The zero-order valence-corrected chi connectivity index (χ0v) is 13.6. The Morgan fingerprint density at radius 3 is 2.45 bits per heavy atom. The van der Waals surface area contributed by atoms with Crippen molar-refractivity contribution in [1.29, 1.82) is 0 Å². The molecule has 22 heavy (non-hydrogen) atoms. The maximum Gasteiger partial charge on any atom is 0.317 e. The Morgan fingerprint density at radius 1 is 1.27 bits per heavy atom. The van der Waals surface area contributed by atoms with Crippen molar-refractivity contribution in [2.24, 2.45) is 0 Å². The molecule has 1 heterocycles. The number of hydrogen-bond acceptors (Lipinski definition) is 3. The van der Waals surface area contributed by atoms with Gasteiger partial charge in [0.15, 0.2) is 0 Å². The van der Waals surface area contributed by atoms with Crippen LogP contribution in [-0.2, 0) is 11.3 Å². The summed E-state index contributed by atoms with van der Waals surface area (Å²) in [4.78, 5) is 12.9. The zero-order chi connectivity index (χ0) is 16.3. The van der Waals surface area contributed by atoms with Crippen molar-refractivity contribution in [2.45, 2.75) is 40.3 Å². The highest BCUT2D eigenvalue weighted by Crippen LogP contribution is 2.15. The summed E-state index contributed by atoms with van der Waals surface area (Å²) in [7, 11) is 0. The summed E-state index contributed by atoms with van der Waals surface area (Å²) in [5, 5.41) is 13.6. The van der Waals surface area contributed by atoms with Crippen LogP contribution in [0.15, 0.2) is 30.5 Å². The molecule has 1 aromatic heterocycles. The Morgan fingerprint density at radius 2 is 1.91 bits per heavy atom. The third-order valence-electron chi connectivity index (χ3n) is 3.74. The number of rotatable bonds is 6. The van der Waals surface area contributed by atoms with E-state index >= 15 is 0 Å². The second-order valence-corrected chi connectivity index (χ2v) is 5.91. The third-order valence-corrected chi connectivity index (χ3v) is 3.74. The highest BCUT2D eigenvalue weighted by molar-refractivity contribution is 5.69. The minimum atomic E-state index is -0.808. The lowest BCUT2D eigenvalue weighted by molar-refractivity contribution is -0.138. The van der Waals surface area contributed by atoms with Crippen LogP contribution in [0.3, 0.4) is 0 Å². The monoisotopic (exact) mass is 301 g/mol. The molecule has 0 bridgehead atoms. The van der Waals surface area contributed by atoms with Crippen LogP contribution in [0.1, 0.15) is 30.7 Å². The number of aliphatic carboxylic acids is 1. The summed E-state index contributed by atoms with van der Waals surface area (Å²) < 4.78 is 1.85. The van der Waals surface area contributed by atoms with Gasteiger partial charge in [0.1, 0.15) is 0 Å². The molecule has 2 rings (SSSR count). The van der Waals surface area contributed by atoms with Gasteiger partial charge in [-0.15, -0.1) is 0 Å². The minimum absolute atomic E-state index is 0.0345. The molecule has 0 saturated heterocycles. The van der Waals surface area contributed by atoms with E-state index in [1.807, 2.05) is 48.7 Å². The molecule has 5 nitrogen and oxygen atoms in total. The Labute approximate surface area is 131 Å². The van der Waals surface area contributed by atoms with E-state index in [2.05, 4.69) is 24.2 Å². The van der Waals surface area contributed by atoms with Gasteiger partial charge in [-0.1, -0.05) is 17.7 Å². The summed E-state index contributed by atoms with van der Waals surface area (Å²) in [6, 6.07) is 8.33. The van der Waals surface area contributed by atoms with Crippen LogP contribution in [0.4, 0.5) is 0 Å². The van der Waals surface area contributed by atoms with Crippen molar-refractivity contribution < 1.29 is 9.90 Å². The predicted octanol–water partition coefficient (Wildman–Crippen LogP) is 2.78. The first-order chi connectivity index (χ1) is 10.4. The van der Waals surface area contributed by atoms with E-state index in [0.29, 0.717) is 6.54 Å². The Kier molecular flexibility index (Phi) is 4.98. The van der Waals surface area contributed by atoms with Crippen LogP contribution < -0.4 is 0 Å². The fourth-order valence-corrected chi connectivity index (χ4v) is 2.29. The molecule has 2 aromatic rings. The van der Waals surface area contributed by atoms with Gasteiger partial charge in [-0.05, 0) is 39.8 Å². The first-order valence-electron chi connectivity index (χ1n) is 7.45. The molecule has 0 radical (unpaired) electrons. The van der Waals surface area contributed by atoms with Crippen LogP contribution >= 0.6 is 0 Å². The third kappa shape index (κ3) is 3.95. The molecule has 0 spiro atoms. The van der Waals surface area contributed by atoms with Gasteiger partial charge in [0.25, 0.3) is 0 Å². The van der Waals surface area contributed by atoms with Gasteiger partial charge in [-0.3, -0.25) is 9.69 Å². The molecule has 0 aliphatic heterocycles. The van der Waals surface area contributed by atoms with Crippen molar-refractivity contribution in [3.63, 3.8) is 0 Å². The largest absolute Gasteiger partial charge is 0.480 e. The van der Waals surface area contributed by atoms with Crippen molar-refractivity contribution in [3.8, 4) is 5.69 Å². The summed E-state index contributed by atoms with van der Waals surface area (Å²) in [5.41, 5.74) is 4.20. The van der Waals surface area contributed by atoms with Gasteiger partial charge >= 0.3 is 5.97 Å². The molecular formula is C17H23N3O2. The smallest absolute Gasteiger partial charge is 0.317 e. The lowest BCUT2D eigenvalue weighted by Gasteiger charge is -2.24. The van der Waals surface area contributed by atoms with E-state index in [-0.39, 0.29) is 12.6 Å². The molecular weight excluding hydrogens is 278 g/mol. The summed E-state index contributed by atoms with van der Waals surface area (Å²) >= 11 is 0. The number of carbonyl (C=O) groups is 1. The number of hydrogen-bond donors (Lipinski definition) is 1. The summed E-state index contributed by atoms with van der Waals surface area (Å²) in [6.45, 7) is 8.63.